The molecule has 4 N–H and O–H groups in total. The third kappa shape index (κ3) is 7.01. The summed E-state index contributed by atoms with van der Waals surface area (Å²) in [4.78, 5) is 37.3. The number of nitrogens with one attached hydrogen (secondary N) is 4. The van der Waals surface area contributed by atoms with Crippen LogP contribution in [0.2, 0.25) is 0 Å². The van der Waals surface area contributed by atoms with Crippen LogP contribution >= 0.6 is 0 Å². The first-order valence-electron chi connectivity index (χ1n) is 14.6. The van der Waals surface area contributed by atoms with Crippen LogP contribution in [0.3, 0.4) is 0 Å². The molecular weight excluding hydrogens is 568 g/mol. The van der Waals surface area contributed by atoms with Gasteiger partial charge < -0.3 is 34.9 Å². The molecule has 0 saturated carbocycles. The molecule has 1 atom stereocenters. The number of likely N-dealkylation sites (tertiary alicyclic amines) is 1. The summed E-state index contributed by atoms with van der Waals surface area (Å²) in [7, 11) is 4.73. The van der Waals surface area contributed by atoms with Crippen LogP contribution in [0.25, 0.3) is 11.3 Å². The van der Waals surface area contributed by atoms with Gasteiger partial charge in [0.25, 0.3) is 5.91 Å². The zero-order chi connectivity index (χ0) is 31.1. The molecule has 2 aromatic carbocycles. The molecule has 1 fully saturated rings. The molecule has 44 heavy (non-hydrogen) atoms. The highest BCUT2D eigenvalue weighted by Gasteiger charge is 2.35. The van der Waals surface area contributed by atoms with Crippen LogP contribution in [0.5, 0.6) is 11.5 Å². The molecule has 0 bridgehead atoms. The summed E-state index contributed by atoms with van der Waals surface area (Å²) in [6.45, 7) is 2.69. The van der Waals surface area contributed by atoms with E-state index in [-0.39, 0.29) is 24.1 Å². The molecule has 0 spiro atoms. The van der Waals surface area contributed by atoms with E-state index in [9.17, 15) is 14.4 Å². The smallest absolute Gasteiger partial charge is 0.251 e. The van der Waals surface area contributed by atoms with Gasteiger partial charge in [0, 0.05) is 55.5 Å². The van der Waals surface area contributed by atoms with Gasteiger partial charge in [-0.15, -0.1) is 0 Å². The Morgan fingerprint density at radius 2 is 1.80 bits per heavy atom. The molecule has 234 valence electrons. The van der Waals surface area contributed by atoms with Gasteiger partial charge >= 0.3 is 0 Å². The third-order valence-corrected chi connectivity index (χ3v) is 7.64. The summed E-state index contributed by atoms with van der Waals surface area (Å²) in [5.74, 6) is 1.51. The Morgan fingerprint density at radius 3 is 2.55 bits per heavy atom. The van der Waals surface area contributed by atoms with Gasteiger partial charge in [-0.2, -0.15) is 5.10 Å². The monoisotopic (exact) mass is 606 g/mol. The van der Waals surface area contributed by atoms with Gasteiger partial charge in [0.1, 0.15) is 0 Å². The number of aromatic nitrogens is 2. The molecule has 2 aliphatic rings. The number of likely N-dealkylation sites (N-methyl/N-ethyl adjacent to an activating group) is 1. The summed E-state index contributed by atoms with van der Waals surface area (Å²) >= 11 is 0. The number of imide groups is 1. The molecule has 3 amide bonds. The average molecular weight is 607 g/mol. The number of benzene rings is 2. The molecule has 13 heteroatoms. The molecule has 1 aliphatic heterocycles. The molecule has 0 radical (unpaired) electrons. The van der Waals surface area contributed by atoms with E-state index in [0.717, 1.165) is 33.0 Å². The molecule has 1 saturated heterocycles. The summed E-state index contributed by atoms with van der Waals surface area (Å²) < 4.78 is 22.0. The van der Waals surface area contributed by atoms with Crippen LogP contribution < -0.4 is 25.4 Å². The number of nitrogens with zero attached hydrogens (tertiary/aromatic N) is 2. The van der Waals surface area contributed by atoms with Crippen molar-refractivity contribution in [1.82, 2.24) is 25.7 Å². The average Bonchev–Trinajstić information content (AvgIpc) is 3.67. The Bertz CT molecular complexity index is 1510. The number of fused-ring (bicyclic) bond motifs is 3. The van der Waals surface area contributed by atoms with E-state index in [1.54, 1.807) is 26.4 Å². The number of rotatable bonds is 16. The second kappa shape index (κ2) is 14.3. The summed E-state index contributed by atoms with van der Waals surface area (Å²) in [6, 6.07) is 10.8. The molecule has 1 aliphatic carbocycles. The highest BCUT2D eigenvalue weighted by molar-refractivity contribution is 6.05. The fourth-order valence-corrected chi connectivity index (χ4v) is 5.25. The van der Waals surface area contributed by atoms with Gasteiger partial charge in [0.15, 0.2) is 17.3 Å². The van der Waals surface area contributed by atoms with Gasteiger partial charge in [-0.1, -0.05) is 6.07 Å². The van der Waals surface area contributed by atoms with Crippen LogP contribution in [0, 0.1) is 0 Å². The van der Waals surface area contributed by atoms with Crippen molar-refractivity contribution in [2.75, 3.05) is 66.1 Å². The number of ether oxygens (including phenoxy) is 4. The lowest BCUT2D eigenvalue weighted by Crippen LogP contribution is -2.38. The van der Waals surface area contributed by atoms with Crippen LogP contribution in [-0.4, -0.2) is 99.6 Å². The number of hydrogen-bond donors (Lipinski definition) is 4. The van der Waals surface area contributed by atoms with E-state index in [4.69, 9.17) is 18.9 Å². The first-order valence-corrected chi connectivity index (χ1v) is 14.6. The standard InChI is InChI=1S/C31H38N6O7/c1-37-27(38)18-24(31(37)40)32-9-11-44-13-12-43-10-5-8-33-30(39)19-6-4-7-21(14-19)34-29-23-15-20-16-25(41-2)26(42-3)17-22(20)28(23)35-36-29/h4,6-7,14,16-17,24,32H,5,8-13,15,18H2,1-3H3,(H,33,39)(H2,34,35,36). The molecule has 1 aromatic heterocycles. The molecule has 3 aromatic rings. The SMILES string of the molecule is COc1cc2c(cc1OC)-c1[nH]nc(Nc3cccc(C(=O)NCCCOCCOCCNC4CC(=O)N(C)C4=O)c3)c1C2. The van der Waals surface area contributed by atoms with Crippen molar-refractivity contribution in [1.29, 1.82) is 0 Å². The van der Waals surface area contributed by atoms with Gasteiger partial charge in [-0.25, -0.2) is 0 Å². The number of amides is 3. The van der Waals surface area contributed by atoms with E-state index >= 15 is 0 Å². The van der Waals surface area contributed by atoms with E-state index in [0.29, 0.717) is 75.2 Å². The Balaban J connectivity index is 0.989. The molecule has 13 nitrogen and oxygen atoms in total. The van der Waals surface area contributed by atoms with Crippen molar-refractivity contribution in [3.63, 3.8) is 0 Å². The molecule has 1 unspecified atom stereocenters. The lowest BCUT2D eigenvalue weighted by molar-refractivity contribution is -0.137. The van der Waals surface area contributed by atoms with Crippen molar-refractivity contribution < 1.29 is 33.3 Å². The fraction of sp³-hybridized carbons (Fsp3) is 0.419. The number of carbonyl (C=O) groups is 3. The number of hydrogen-bond acceptors (Lipinski definition) is 10. The lowest BCUT2D eigenvalue weighted by atomic mass is 10.1. The molecule has 2 heterocycles. The second-order valence-electron chi connectivity index (χ2n) is 10.5. The Kier molecular flexibility index (Phi) is 10.1. The van der Waals surface area contributed by atoms with Crippen LogP contribution in [-0.2, 0) is 25.5 Å². The first kappa shape index (κ1) is 31.0. The molecule has 5 rings (SSSR count). The van der Waals surface area contributed by atoms with Crippen molar-refractivity contribution >= 4 is 29.2 Å². The summed E-state index contributed by atoms with van der Waals surface area (Å²) in [6.07, 6.45) is 1.54. The van der Waals surface area contributed by atoms with Crippen molar-refractivity contribution in [3.05, 3.63) is 53.1 Å². The summed E-state index contributed by atoms with van der Waals surface area (Å²) in [5, 5.41) is 16.9. The van der Waals surface area contributed by atoms with Gasteiger partial charge in [-0.3, -0.25) is 24.4 Å². The topological polar surface area (TPSA) is 156 Å². The van der Waals surface area contributed by atoms with E-state index in [1.165, 1.54) is 7.05 Å². The normalized spacial score (nSPS) is 15.3. The number of H-pyrrole nitrogens is 1. The fourth-order valence-electron chi connectivity index (χ4n) is 5.25. The van der Waals surface area contributed by atoms with E-state index in [2.05, 4.69) is 26.1 Å². The van der Waals surface area contributed by atoms with E-state index < -0.39 is 6.04 Å². The van der Waals surface area contributed by atoms with Gasteiger partial charge in [0.05, 0.1) is 52.2 Å². The minimum Gasteiger partial charge on any atom is -0.493 e. The van der Waals surface area contributed by atoms with Crippen molar-refractivity contribution in [2.45, 2.75) is 25.3 Å². The Labute approximate surface area is 255 Å². The summed E-state index contributed by atoms with van der Waals surface area (Å²) in [5.41, 5.74) is 5.43. The van der Waals surface area contributed by atoms with Crippen LogP contribution in [0.1, 0.15) is 34.3 Å². The zero-order valence-electron chi connectivity index (χ0n) is 25.2. The van der Waals surface area contributed by atoms with Gasteiger partial charge in [0.2, 0.25) is 11.8 Å². The maximum atomic E-state index is 12.7. The maximum absolute atomic E-state index is 12.7. The van der Waals surface area contributed by atoms with Gasteiger partial charge in [-0.05, 0) is 42.3 Å². The Hall–Kier alpha value is -4.46. The number of anilines is 2. The largest absolute Gasteiger partial charge is 0.493 e. The van der Waals surface area contributed by atoms with E-state index in [1.807, 2.05) is 24.3 Å². The molecular formula is C31H38N6O7. The Morgan fingerprint density at radius 1 is 1.02 bits per heavy atom. The number of methoxy groups -OCH3 is 2. The number of aromatic amines is 1. The zero-order valence-corrected chi connectivity index (χ0v) is 25.2. The quantitative estimate of drug-likeness (QED) is 0.110. The van der Waals surface area contributed by atoms with Crippen molar-refractivity contribution in [2.24, 2.45) is 0 Å². The first-order chi connectivity index (χ1) is 21.4. The highest BCUT2D eigenvalue weighted by Crippen LogP contribution is 2.44. The van der Waals surface area contributed by atoms with Crippen molar-refractivity contribution in [3.8, 4) is 22.8 Å². The highest BCUT2D eigenvalue weighted by atomic mass is 16.5. The van der Waals surface area contributed by atoms with Crippen LogP contribution in [0.15, 0.2) is 36.4 Å². The predicted octanol–water partition coefficient (Wildman–Crippen LogP) is 2.24. The minimum absolute atomic E-state index is 0.169. The maximum Gasteiger partial charge on any atom is 0.251 e. The van der Waals surface area contributed by atoms with Crippen LogP contribution in [0.4, 0.5) is 11.5 Å². The third-order valence-electron chi connectivity index (χ3n) is 7.64. The minimum atomic E-state index is -0.465. The predicted molar refractivity (Wildman–Crippen MR) is 162 cm³/mol. The lowest BCUT2D eigenvalue weighted by Gasteiger charge is -2.11. The second-order valence-corrected chi connectivity index (χ2v) is 10.5. The number of carbonyl (C=O) groups excluding carboxylic acids is 3.